The minimum absolute atomic E-state index is 0.614. The normalized spacial score (nSPS) is 21.7. The van der Waals surface area contributed by atoms with Crippen molar-refractivity contribution in [2.75, 3.05) is 93.3 Å². The summed E-state index contributed by atoms with van der Waals surface area (Å²) < 4.78 is 34.1. The van der Waals surface area contributed by atoms with E-state index >= 15 is 0 Å². The molecule has 8 nitrogen and oxygen atoms in total. The van der Waals surface area contributed by atoms with E-state index in [1.807, 2.05) is 24.3 Å². The van der Waals surface area contributed by atoms with Gasteiger partial charge in [0.2, 0.25) is 0 Å². The van der Waals surface area contributed by atoms with Crippen LogP contribution in [0.25, 0.3) is 0 Å². The minimum atomic E-state index is 0.614. The highest BCUT2D eigenvalue weighted by Crippen LogP contribution is 2.11. The second-order valence-electron chi connectivity index (χ2n) is 9.00. The summed E-state index contributed by atoms with van der Waals surface area (Å²) in [7, 11) is 3.38. The van der Waals surface area contributed by atoms with Gasteiger partial charge in [-0.3, -0.25) is 0 Å². The molecule has 2 aromatic rings. The molecule has 1 aliphatic heterocycles. The van der Waals surface area contributed by atoms with Crippen molar-refractivity contribution in [3.63, 3.8) is 0 Å². The summed E-state index contributed by atoms with van der Waals surface area (Å²) in [5, 5.41) is 0. The lowest BCUT2D eigenvalue weighted by Crippen LogP contribution is -3.11. The maximum atomic E-state index is 5.88. The molecule has 0 saturated carbocycles. The molecule has 200 valence electrons. The quantitative estimate of drug-likeness (QED) is 0.589. The van der Waals surface area contributed by atoms with Gasteiger partial charge >= 0.3 is 0 Å². The fourth-order valence-corrected chi connectivity index (χ4v) is 4.18. The van der Waals surface area contributed by atoms with E-state index in [-0.39, 0.29) is 0 Å². The van der Waals surface area contributed by atoms with E-state index < -0.39 is 0 Å². The van der Waals surface area contributed by atoms with Crippen LogP contribution in [0.3, 0.4) is 0 Å². The molecule has 0 atom stereocenters. The molecule has 2 aromatic carbocycles. The number of methoxy groups -OCH3 is 2. The summed E-state index contributed by atoms with van der Waals surface area (Å²) in [4.78, 5) is 2.86. The Morgan fingerprint density at radius 1 is 0.500 bits per heavy atom. The molecule has 1 saturated heterocycles. The topological polar surface area (TPSA) is 64.3 Å². The Balaban J connectivity index is 1.44. The number of quaternary nitrogens is 2. The number of hydrogen-bond acceptors (Lipinski definition) is 6. The van der Waals surface area contributed by atoms with E-state index in [2.05, 4.69) is 24.3 Å². The van der Waals surface area contributed by atoms with Crippen LogP contribution in [0, 0.1) is 0 Å². The highest BCUT2D eigenvalue weighted by Gasteiger charge is 2.12. The first-order valence-corrected chi connectivity index (χ1v) is 13.0. The Kier molecular flexibility index (Phi) is 13.6. The molecular weight excluding hydrogens is 460 g/mol. The molecule has 0 amide bonds. The largest absolute Gasteiger partial charge is 0.497 e. The number of hydrogen-bond donors (Lipinski definition) is 2. The maximum absolute atomic E-state index is 5.88. The number of nitrogens with one attached hydrogen (secondary N) is 2. The SMILES string of the molecule is COc1ccc(C[NH+]2CCOCCOCC[NH+](Cc3ccc(OC)cc3)CCOCCOCC2)cc1. The lowest BCUT2D eigenvalue weighted by atomic mass is 10.2. The fraction of sp³-hybridized carbons (Fsp3) is 0.571. The summed E-state index contributed by atoms with van der Waals surface area (Å²) in [6.45, 7) is 10.8. The molecular formula is C28H44N2O6+2. The van der Waals surface area contributed by atoms with Gasteiger partial charge in [-0.25, -0.2) is 0 Å². The predicted molar refractivity (Wildman–Crippen MR) is 138 cm³/mol. The van der Waals surface area contributed by atoms with Crippen molar-refractivity contribution in [2.45, 2.75) is 13.1 Å². The van der Waals surface area contributed by atoms with Crippen molar-refractivity contribution < 1.29 is 38.2 Å². The lowest BCUT2D eigenvalue weighted by Gasteiger charge is -2.21. The fourth-order valence-electron chi connectivity index (χ4n) is 4.18. The lowest BCUT2D eigenvalue weighted by molar-refractivity contribution is -0.915. The monoisotopic (exact) mass is 504 g/mol. The van der Waals surface area contributed by atoms with Gasteiger partial charge in [0.1, 0.15) is 50.8 Å². The number of ether oxygens (including phenoxy) is 6. The van der Waals surface area contributed by atoms with Gasteiger partial charge < -0.3 is 38.2 Å². The van der Waals surface area contributed by atoms with Gasteiger partial charge in [0, 0.05) is 11.1 Å². The van der Waals surface area contributed by atoms with Crippen LogP contribution in [0.15, 0.2) is 48.5 Å². The van der Waals surface area contributed by atoms with Gasteiger partial charge in [-0.2, -0.15) is 0 Å². The molecule has 0 aromatic heterocycles. The maximum Gasteiger partial charge on any atom is 0.118 e. The van der Waals surface area contributed by atoms with E-state index in [1.165, 1.54) is 20.9 Å². The van der Waals surface area contributed by atoms with E-state index in [0.29, 0.717) is 52.9 Å². The third-order valence-corrected chi connectivity index (χ3v) is 6.37. The van der Waals surface area contributed by atoms with Crippen LogP contribution in [0.2, 0.25) is 0 Å². The first kappa shape index (κ1) is 28.4. The zero-order valence-electron chi connectivity index (χ0n) is 22.0. The van der Waals surface area contributed by atoms with Gasteiger partial charge in [-0.05, 0) is 48.5 Å². The number of rotatable bonds is 6. The molecule has 1 heterocycles. The average Bonchev–Trinajstić information content (AvgIpc) is 2.91. The molecule has 8 heteroatoms. The van der Waals surface area contributed by atoms with Crippen molar-refractivity contribution in [3.8, 4) is 11.5 Å². The van der Waals surface area contributed by atoms with E-state index in [9.17, 15) is 0 Å². The van der Waals surface area contributed by atoms with E-state index in [4.69, 9.17) is 28.4 Å². The van der Waals surface area contributed by atoms with Crippen molar-refractivity contribution >= 4 is 0 Å². The third-order valence-electron chi connectivity index (χ3n) is 6.37. The van der Waals surface area contributed by atoms with Gasteiger partial charge in [0.25, 0.3) is 0 Å². The zero-order chi connectivity index (χ0) is 25.3. The molecule has 0 spiro atoms. The highest BCUT2D eigenvalue weighted by atomic mass is 16.5. The Bertz CT molecular complexity index is 728. The Morgan fingerprint density at radius 2 is 0.806 bits per heavy atom. The molecule has 1 aliphatic rings. The van der Waals surface area contributed by atoms with Gasteiger partial charge in [0.15, 0.2) is 0 Å². The van der Waals surface area contributed by atoms with Crippen molar-refractivity contribution in [1.29, 1.82) is 0 Å². The van der Waals surface area contributed by atoms with Crippen molar-refractivity contribution in [3.05, 3.63) is 59.7 Å². The Morgan fingerprint density at radius 3 is 1.08 bits per heavy atom. The smallest absolute Gasteiger partial charge is 0.118 e. The second-order valence-corrected chi connectivity index (χ2v) is 9.00. The molecule has 0 radical (unpaired) electrons. The van der Waals surface area contributed by atoms with Crippen LogP contribution >= 0.6 is 0 Å². The summed E-state index contributed by atoms with van der Waals surface area (Å²) in [6, 6.07) is 16.6. The van der Waals surface area contributed by atoms with Crippen LogP contribution in [-0.4, -0.2) is 93.3 Å². The van der Waals surface area contributed by atoms with Gasteiger partial charge in [-0.15, -0.1) is 0 Å². The van der Waals surface area contributed by atoms with Crippen molar-refractivity contribution in [1.82, 2.24) is 0 Å². The number of benzene rings is 2. The van der Waals surface area contributed by atoms with Gasteiger partial charge in [0.05, 0.1) is 67.1 Å². The zero-order valence-corrected chi connectivity index (χ0v) is 22.0. The molecule has 36 heavy (non-hydrogen) atoms. The molecule has 0 unspecified atom stereocenters. The van der Waals surface area contributed by atoms with Crippen LogP contribution in [0.5, 0.6) is 11.5 Å². The van der Waals surface area contributed by atoms with Crippen molar-refractivity contribution in [2.24, 2.45) is 0 Å². The summed E-state index contributed by atoms with van der Waals surface area (Å²) in [6.07, 6.45) is 0. The minimum Gasteiger partial charge on any atom is -0.497 e. The van der Waals surface area contributed by atoms with Gasteiger partial charge in [-0.1, -0.05) is 0 Å². The first-order valence-electron chi connectivity index (χ1n) is 13.0. The molecule has 3 rings (SSSR count). The van der Waals surface area contributed by atoms with Crippen LogP contribution in [0.4, 0.5) is 0 Å². The Labute approximate surface area is 216 Å². The molecule has 2 N–H and O–H groups in total. The van der Waals surface area contributed by atoms with E-state index in [1.54, 1.807) is 14.2 Å². The first-order chi connectivity index (χ1) is 17.8. The second kappa shape index (κ2) is 17.3. The standard InChI is InChI=1S/C28H42N2O6/c1-31-27-7-3-25(4-8-27)23-29-11-15-33-19-21-35-17-13-30(14-18-36-22-20-34-16-12-29)24-26-5-9-28(32-2)10-6-26/h3-10H,11-24H2,1-2H3/p+2. The highest BCUT2D eigenvalue weighted by molar-refractivity contribution is 5.27. The summed E-state index contributed by atoms with van der Waals surface area (Å²) in [5.74, 6) is 1.76. The van der Waals surface area contributed by atoms with Crippen LogP contribution in [0.1, 0.15) is 11.1 Å². The van der Waals surface area contributed by atoms with Crippen LogP contribution in [-0.2, 0) is 32.0 Å². The summed E-state index contributed by atoms with van der Waals surface area (Å²) >= 11 is 0. The van der Waals surface area contributed by atoms with E-state index in [0.717, 1.165) is 50.8 Å². The molecule has 1 fully saturated rings. The molecule has 0 aliphatic carbocycles. The Hall–Kier alpha value is -2.20. The molecule has 0 bridgehead atoms. The third kappa shape index (κ3) is 11.2. The summed E-state index contributed by atoms with van der Waals surface area (Å²) in [5.41, 5.74) is 2.56. The predicted octanol–water partition coefficient (Wildman–Crippen LogP) is 0.254. The van der Waals surface area contributed by atoms with Crippen LogP contribution < -0.4 is 19.3 Å². The average molecular weight is 505 g/mol.